The first-order valence-electron chi connectivity index (χ1n) is 14.3. The Hall–Kier alpha value is -3.89. The molecular weight excluding hydrogens is 572 g/mol. The number of nitrogens with one attached hydrogen (secondary N) is 1. The molecule has 0 unspecified atom stereocenters. The van der Waals surface area contributed by atoms with Crippen LogP contribution in [-0.4, -0.2) is 63.6 Å². The number of rotatable bonds is 5. The van der Waals surface area contributed by atoms with Gasteiger partial charge in [0.25, 0.3) is 0 Å². The van der Waals surface area contributed by atoms with Gasteiger partial charge >= 0.3 is 18.3 Å². The van der Waals surface area contributed by atoms with Crippen LogP contribution >= 0.6 is 11.6 Å². The summed E-state index contributed by atoms with van der Waals surface area (Å²) in [6.45, 7) is 12.5. The van der Waals surface area contributed by atoms with Crippen molar-refractivity contribution in [2.75, 3.05) is 18.0 Å². The number of pyridine rings is 1. The summed E-state index contributed by atoms with van der Waals surface area (Å²) in [5, 5.41) is 14.5. The highest BCUT2D eigenvalue weighted by Gasteiger charge is 2.32. The van der Waals surface area contributed by atoms with Gasteiger partial charge in [-0.3, -0.25) is 4.90 Å². The van der Waals surface area contributed by atoms with Crippen molar-refractivity contribution in [3.63, 3.8) is 0 Å². The van der Waals surface area contributed by atoms with Gasteiger partial charge in [0.2, 0.25) is 0 Å². The highest BCUT2D eigenvalue weighted by Crippen LogP contribution is 2.37. The molecule has 43 heavy (non-hydrogen) atoms. The number of aromatic nitrogens is 1. The lowest BCUT2D eigenvalue weighted by atomic mass is 9.97. The summed E-state index contributed by atoms with van der Waals surface area (Å²) in [4.78, 5) is 44.7. The van der Waals surface area contributed by atoms with Gasteiger partial charge in [0.15, 0.2) is 5.82 Å². The molecule has 0 aliphatic carbocycles. The monoisotopic (exact) mass is 610 g/mol. The van der Waals surface area contributed by atoms with Crippen LogP contribution in [-0.2, 0) is 16.0 Å². The van der Waals surface area contributed by atoms with Crippen molar-refractivity contribution in [2.24, 2.45) is 0 Å². The number of piperidine rings is 1. The van der Waals surface area contributed by atoms with Crippen molar-refractivity contribution in [3.8, 4) is 11.1 Å². The number of ether oxygens (including phenoxy) is 2. The van der Waals surface area contributed by atoms with Crippen molar-refractivity contribution in [2.45, 2.75) is 78.2 Å². The highest BCUT2D eigenvalue weighted by molar-refractivity contribution is 6.32. The number of carbonyl (C=O) groups is 3. The Morgan fingerprint density at radius 3 is 2.21 bits per heavy atom. The van der Waals surface area contributed by atoms with Crippen molar-refractivity contribution in [1.82, 2.24) is 15.2 Å². The standard InChI is InChI=1S/C32H39ClN4O6/c1-31(2,3)42-28(38)35-22-12-14-36(15-13-22)19-21-16-23-24(17-26(21)33)27(34-18-25(23)20-10-8-7-9-11-20)37(29(39)40)30(41)43-32(4,5)6/h7-11,16-18,22H,12-15,19H2,1-6H3,(H,35,38)(H,39,40). The predicted octanol–water partition coefficient (Wildman–Crippen LogP) is 7.46. The largest absolute Gasteiger partial charge is 0.464 e. The average Bonchev–Trinajstić information content (AvgIpc) is 2.89. The van der Waals surface area contributed by atoms with E-state index in [1.807, 2.05) is 57.2 Å². The molecule has 0 atom stereocenters. The van der Waals surface area contributed by atoms with E-state index in [4.69, 9.17) is 21.1 Å². The lowest BCUT2D eigenvalue weighted by Crippen LogP contribution is -2.45. The number of anilines is 1. The van der Waals surface area contributed by atoms with Crippen LogP contribution in [0.2, 0.25) is 5.02 Å². The molecule has 1 aliphatic rings. The van der Waals surface area contributed by atoms with Gasteiger partial charge in [-0.2, -0.15) is 4.90 Å². The summed E-state index contributed by atoms with van der Waals surface area (Å²) in [6.07, 6.45) is 0.110. The van der Waals surface area contributed by atoms with E-state index < -0.39 is 29.5 Å². The van der Waals surface area contributed by atoms with E-state index >= 15 is 0 Å². The van der Waals surface area contributed by atoms with Crippen molar-refractivity contribution >= 4 is 46.5 Å². The van der Waals surface area contributed by atoms with Gasteiger partial charge in [0.05, 0.1) is 0 Å². The molecule has 1 saturated heterocycles. The van der Waals surface area contributed by atoms with Crippen molar-refractivity contribution in [1.29, 1.82) is 0 Å². The number of fused-ring (bicyclic) bond motifs is 1. The van der Waals surface area contributed by atoms with Gasteiger partial charge < -0.3 is 19.9 Å². The van der Waals surface area contributed by atoms with Crippen LogP contribution in [0.4, 0.5) is 20.2 Å². The Balaban J connectivity index is 1.66. The topological polar surface area (TPSA) is 121 Å². The summed E-state index contributed by atoms with van der Waals surface area (Å²) in [5.41, 5.74) is 1.03. The van der Waals surface area contributed by atoms with Crippen molar-refractivity contribution < 1.29 is 29.0 Å². The zero-order valence-corrected chi connectivity index (χ0v) is 26.2. The van der Waals surface area contributed by atoms with E-state index in [1.165, 1.54) is 0 Å². The first kappa shape index (κ1) is 32.0. The summed E-state index contributed by atoms with van der Waals surface area (Å²) >= 11 is 6.81. The Morgan fingerprint density at radius 2 is 1.63 bits per heavy atom. The van der Waals surface area contributed by atoms with Gasteiger partial charge in [-0.25, -0.2) is 19.4 Å². The Morgan fingerprint density at radius 1 is 1.00 bits per heavy atom. The van der Waals surface area contributed by atoms with Gasteiger partial charge in [0.1, 0.15) is 11.2 Å². The van der Waals surface area contributed by atoms with Crippen LogP contribution in [0.15, 0.2) is 48.7 Å². The number of imide groups is 1. The second-order valence-corrected chi connectivity index (χ2v) is 13.1. The van der Waals surface area contributed by atoms with E-state index in [-0.39, 0.29) is 11.9 Å². The Labute approximate surface area is 256 Å². The molecule has 0 saturated carbocycles. The molecule has 0 radical (unpaired) electrons. The van der Waals surface area contributed by atoms with Gasteiger partial charge in [0, 0.05) is 47.8 Å². The van der Waals surface area contributed by atoms with E-state index in [2.05, 4.69) is 15.2 Å². The molecule has 0 bridgehead atoms. The summed E-state index contributed by atoms with van der Waals surface area (Å²) in [6, 6.07) is 13.2. The average molecular weight is 611 g/mol. The third kappa shape index (κ3) is 8.36. The smallest absolute Gasteiger partial charge is 0.425 e. The molecule has 230 valence electrons. The molecule has 1 aliphatic heterocycles. The second-order valence-electron chi connectivity index (χ2n) is 12.6. The lowest BCUT2D eigenvalue weighted by molar-refractivity contribution is 0.0476. The number of hydrogen-bond acceptors (Lipinski definition) is 7. The first-order valence-corrected chi connectivity index (χ1v) is 14.6. The normalized spacial score (nSPS) is 14.8. The molecule has 3 amide bonds. The minimum Gasteiger partial charge on any atom is -0.464 e. The predicted molar refractivity (Wildman–Crippen MR) is 167 cm³/mol. The number of benzene rings is 2. The maximum absolute atomic E-state index is 13.0. The van der Waals surface area contributed by atoms with Crippen molar-refractivity contribution in [3.05, 3.63) is 59.2 Å². The summed E-state index contributed by atoms with van der Waals surface area (Å²) in [5.74, 6) is -0.0843. The van der Waals surface area contributed by atoms with Gasteiger partial charge in [-0.15, -0.1) is 0 Å². The van der Waals surface area contributed by atoms with Gasteiger partial charge in [-0.05, 0) is 83.0 Å². The molecular formula is C32H39ClN4O6. The minimum absolute atomic E-state index is 0.0198. The molecule has 2 heterocycles. The number of hydrogen-bond donors (Lipinski definition) is 2. The van der Waals surface area contributed by atoms with Crippen LogP contribution in [0.1, 0.15) is 59.9 Å². The number of halogens is 1. The van der Waals surface area contributed by atoms with E-state index in [0.717, 1.165) is 42.6 Å². The molecule has 3 aromatic rings. The maximum atomic E-state index is 13.0. The van der Waals surface area contributed by atoms with E-state index in [1.54, 1.807) is 33.0 Å². The summed E-state index contributed by atoms with van der Waals surface area (Å²) in [7, 11) is 0. The number of nitrogens with zero attached hydrogens (tertiary/aromatic N) is 3. The fraction of sp³-hybridized carbons (Fsp3) is 0.438. The Kier molecular flexibility index (Phi) is 9.51. The third-order valence-corrected chi connectivity index (χ3v) is 7.15. The number of likely N-dealkylation sites (tertiary alicyclic amines) is 1. The molecule has 4 rings (SSSR count). The Bertz CT molecular complexity index is 1490. The minimum atomic E-state index is -1.52. The quantitative estimate of drug-likeness (QED) is 0.305. The zero-order valence-electron chi connectivity index (χ0n) is 25.4. The molecule has 1 aromatic heterocycles. The number of carbonyl (C=O) groups excluding carboxylic acids is 2. The number of carboxylic acid groups (broad SMARTS) is 1. The fourth-order valence-electron chi connectivity index (χ4n) is 4.95. The second kappa shape index (κ2) is 12.8. The maximum Gasteiger partial charge on any atom is 0.425 e. The van der Waals surface area contributed by atoms with Gasteiger partial charge in [-0.1, -0.05) is 41.9 Å². The van der Waals surface area contributed by atoms with E-state index in [9.17, 15) is 19.5 Å². The number of alkyl carbamates (subject to hydrolysis) is 1. The van der Waals surface area contributed by atoms with Crippen LogP contribution in [0.3, 0.4) is 0 Å². The highest BCUT2D eigenvalue weighted by atomic mass is 35.5. The van der Waals surface area contributed by atoms with Crippen LogP contribution in [0.5, 0.6) is 0 Å². The molecule has 11 heteroatoms. The van der Waals surface area contributed by atoms with E-state index in [0.29, 0.717) is 27.2 Å². The molecule has 2 N–H and O–H groups in total. The van der Waals surface area contributed by atoms with Crippen LogP contribution in [0, 0.1) is 0 Å². The zero-order chi connectivity index (χ0) is 31.5. The first-order chi connectivity index (χ1) is 20.1. The molecule has 10 nitrogen and oxygen atoms in total. The van der Waals surface area contributed by atoms with Crippen LogP contribution < -0.4 is 10.2 Å². The summed E-state index contributed by atoms with van der Waals surface area (Å²) < 4.78 is 10.8. The van der Waals surface area contributed by atoms with Crippen LogP contribution in [0.25, 0.3) is 21.9 Å². The molecule has 0 spiro atoms. The lowest BCUT2D eigenvalue weighted by Gasteiger charge is -2.33. The fourth-order valence-corrected chi connectivity index (χ4v) is 5.17. The molecule has 2 aromatic carbocycles. The molecule has 1 fully saturated rings. The number of amides is 3. The SMILES string of the molecule is CC(C)(C)OC(=O)NC1CCN(Cc2cc3c(-c4ccccc4)cnc(N(C(=O)O)C(=O)OC(C)(C)C)c3cc2Cl)CC1. The third-order valence-electron chi connectivity index (χ3n) is 6.80.